The number of alkyl halides is 1. The van der Waals surface area contributed by atoms with E-state index in [9.17, 15) is 0 Å². The standard InChI is InChI=1S/C12H13ClN2O2/c1-2-16-10-6-4-3-5-9(10)12-14-11(7-8-13)17-15-12/h3-6H,2,7-8H2,1H3. The summed E-state index contributed by atoms with van der Waals surface area (Å²) in [5.41, 5.74) is 0.832. The van der Waals surface area contributed by atoms with E-state index in [1.807, 2.05) is 31.2 Å². The van der Waals surface area contributed by atoms with Crippen LogP contribution in [0, 0.1) is 0 Å². The van der Waals surface area contributed by atoms with Gasteiger partial charge >= 0.3 is 0 Å². The quantitative estimate of drug-likeness (QED) is 0.768. The van der Waals surface area contributed by atoms with Crippen LogP contribution in [-0.4, -0.2) is 22.6 Å². The average Bonchev–Trinajstić information content (AvgIpc) is 2.79. The van der Waals surface area contributed by atoms with E-state index in [-0.39, 0.29) is 0 Å². The molecule has 0 aliphatic heterocycles. The van der Waals surface area contributed by atoms with Gasteiger partial charge in [-0.25, -0.2) is 0 Å². The van der Waals surface area contributed by atoms with Crippen LogP contribution in [0.3, 0.4) is 0 Å². The van der Waals surface area contributed by atoms with Gasteiger partial charge in [-0.05, 0) is 19.1 Å². The summed E-state index contributed by atoms with van der Waals surface area (Å²) < 4.78 is 10.6. The molecule has 0 amide bonds. The summed E-state index contributed by atoms with van der Waals surface area (Å²) in [6.45, 7) is 2.54. The van der Waals surface area contributed by atoms with Gasteiger partial charge in [-0.1, -0.05) is 17.3 Å². The third-order valence-electron chi connectivity index (χ3n) is 2.20. The monoisotopic (exact) mass is 252 g/mol. The van der Waals surface area contributed by atoms with E-state index in [2.05, 4.69) is 10.1 Å². The topological polar surface area (TPSA) is 48.2 Å². The molecule has 0 saturated heterocycles. The molecule has 0 bridgehead atoms. The van der Waals surface area contributed by atoms with Crippen LogP contribution in [0.2, 0.25) is 0 Å². The maximum atomic E-state index is 5.62. The van der Waals surface area contributed by atoms with Crippen LogP contribution < -0.4 is 4.74 Å². The molecule has 90 valence electrons. The van der Waals surface area contributed by atoms with Crippen molar-refractivity contribution >= 4 is 11.6 Å². The van der Waals surface area contributed by atoms with Crippen LogP contribution in [0.15, 0.2) is 28.8 Å². The fourth-order valence-electron chi connectivity index (χ4n) is 1.48. The SMILES string of the molecule is CCOc1ccccc1-c1noc(CCCl)n1. The molecule has 1 aromatic carbocycles. The zero-order chi connectivity index (χ0) is 12.1. The summed E-state index contributed by atoms with van der Waals surface area (Å²) in [6, 6.07) is 7.61. The second-order valence-corrected chi connectivity index (χ2v) is 3.76. The van der Waals surface area contributed by atoms with Crippen molar-refractivity contribution in [1.82, 2.24) is 10.1 Å². The third-order valence-corrected chi connectivity index (χ3v) is 2.39. The minimum Gasteiger partial charge on any atom is -0.493 e. The molecule has 4 nitrogen and oxygen atoms in total. The highest BCUT2D eigenvalue weighted by atomic mass is 35.5. The lowest BCUT2D eigenvalue weighted by molar-refractivity contribution is 0.341. The predicted octanol–water partition coefficient (Wildman–Crippen LogP) is 2.92. The maximum absolute atomic E-state index is 5.62. The molecule has 0 aliphatic rings. The van der Waals surface area contributed by atoms with Crippen molar-refractivity contribution in [1.29, 1.82) is 0 Å². The highest BCUT2D eigenvalue weighted by molar-refractivity contribution is 6.17. The Labute approximate surface area is 105 Å². The van der Waals surface area contributed by atoms with Crippen molar-refractivity contribution in [3.05, 3.63) is 30.2 Å². The summed E-state index contributed by atoms with van der Waals surface area (Å²) in [4.78, 5) is 4.27. The number of nitrogens with zero attached hydrogens (tertiary/aromatic N) is 2. The summed E-state index contributed by atoms with van der Waals surface area (Å²) in [6.07, 6.45) is 0.575. The molecule has 5 heteroatoms. The number of rotatable bonds is 5. The minimum absolute atomic E-state index is 0.467. The van der Waals surface area contributed by atoms with Gasteiger partial charge in [0.15, 0.2) is 0 Å². The first-order valence-corrected chi connectivity index (χ1v) is 5.99. The Morgan fingerprint density at radius 3 is 2.94 bits per heavy atom. The van der Waals surface area contributed by atoms with Gasteiger partial charge in [-0.3, -0.25) is 0 Å². The normalized spacial score (nSPS) is 10.5. The largest absolute Gasteiger partial charge is 0.493 e. The molecule has 1 aromatic heterocycles. The molecular weight excluding hydrogens is 240 g/mol. The first-order chi connectivity index (χ1) is 8.35. The summed E-state index contributed by atoms with van der Waals surface area (Å²) in [5.74, 6) is 2.30. The van der Waals surface area contributed by atoms with Crippen molar-refractivity contribution in [3.8, 4) is 17.1 Å². The number of para-hydroxylation sites is 1. The molecule has 0 atom stereocenters. The predicted molar refractivity (Wildman–Crippen MR) is 65.3 cm³/mol. The van der Waals surface area contributed by atoms with Gasteiger partial charge in [-0.15, -0.1) is 11.6 Å². The lowest BCUT2D eigenvalue weighted by Crippen LogP contribution is -1.94. The van der Waals surface area contributed by atoms with Gasteiger partial charge in [-0.2, -0.15) is 4.98 Å². The maximum Gasteiger partial charge on any atom is 0.228 e. The van der Waals surface area contributed by atoms with Crippen molar-refractivity contribution < 1.29 is 9.26 Å². The molecule has 0 fully saturated rings. The van der Waals surface area contributed by atoms with Crippen molar-refractivity contribution in [2.45, 2.75) is 13.3 Å². The molecule has 2 aromatic rings. The summed E-state index contributed by atoms with van der Waals surface area (Å²) >= 11 is 5.62. The molecule has 17 heavy (non-hydrogen) atoms. The van der Waals surface area contributed by atoms with E-state index in [0.29, 0.717) is 30.6 Å². The number of halogens is 1. The Morgan fingerprint density at radius 1 is 1.35 bits per heavy atom. The third kappa shape index (κ3) is 2.77. The molecule has 2 rings (SSSR count). The van der Waals surface area contributed by atoms with Crippen LogP contribution in [0.4, 0.5) is 0 Å². The Balaban J connectivity index is 2.31. The van der Waals surface area contributed by atoms with Crippen molar-refractivity contribution in [3.63, 3.8) is 0 Å². The molecule has 0 saturated carbocycles. The Morgan fingerprint density at radius 2 is 2.18 bits per heavy atom. The average molecular weight is 253 g/mol. The number of aryl methyl sites for hydroxylation is 1. The smallest absolute Gasteiger partial charge is 0.228 e. The number of aromatic nitrogens is 2. The van der Waals surface area contributed by atoms with Crippen LogP contribution in [-0.2, 0) is 6.42 Å². The van der Waals surface area contributed by atoms with Crippen molar-refractivity contribution in [2.24, 2.45) is 0 Å². The molecule has 0 radical (unpaired) electrons. The van der Waals surface area contributed by atoms with E-state index in [4.69, 9.17) is 20.9 Å². The zero-order valence-corrected chi connectivity index (χ0v) is 10.3. The Kier molecular flexibility index (Phi) is 3.98. The fraction of sp³-hybridized carbons (Fsp3) is 0.333. The number of hydrogen-bond acceptors (Lipinski definition) is 4. The lowest BCUT2D eigenvalue weighted by atomic mass is 10.2. The lowest BCUT2D eigenvalue weighted by Gasteiger charge is -2.05. The van der Waals surface area contributed by atoms with Gasteiger partial charge in [0.25, 0.3) is 0 Å². The van der Waals surface area contributed by atoms with Crippen molar-refractivity contribution in [2.75, 3.05) is 12.5 Å². The summed E-state index contributed by atoms with van der Waals surface area (Å²) in [5, 5.41) is 3.92. The highest BCUT2D eigenvalue weighted by Crippen LogP contribution is 2.27. The fourth-order valence-corrected chi connectivity index (χ4v) is 1.64. The molecule has 1 heterocycles. The molecule has 0 N–H and O–H groups in total. The van der Waals surface area contributed by atoms with Gasteiger partial charge < -0.3 is 9.26 Å². The first-order valence-electron chi connectivity index (χ1n) is 5.46. The van der Waals surface area contributed by atoms with Gasteiger partial charge in [0.1, 0.15) is 5.75 Å². The Bertz CT molecular complexity index is 485. The van der Waals surface area contributed by atoms with Gasteiger partial charge in [0, 0.05) is 12.3 Å². The number of benzene rings is 1. The second-order valence-electron chi connectivity index (χ2n) is 3.38. The Hall–Kier alpha value is -1.55. The summed E-state index contributed by atoms with van der Waals surface area (Å²) in [7, 11) is 0. The van der Waals surface area contributed by atoms with Crippen LogP contribution in [0.1, 0.15) is 12.8 Å². The van der Waals surface area contributed by atoms with E-state index >= 15 is 0 Å². The van der Waals surface area contributed by atoms with E-state index in [0.717, 1.165) is 11.3 Å². The number of hydrogen-bond donors (Lipinski definition) is 0. The van der Waals surface area contributed by atoms with Gasteiger partial charge in [0.05, 0.1) is 12.2 Å². The van der Waals surface area contributed by atoms with Crippen LogP contribution in [0.25, 0.3) is 11.4 Å². The zero-order valence-electron chi connectivity index (χ0n) is 9.52. The minimum atomic E-state index is 0.467. The van der Waals surface area contributed by atoms with E-state index in [1.54, 1.807) is 0 Å². The highest BCUT2D eigenvalue weighted by Gasteiger charge is 2.12. The molecule has 0 unspecified atom stereocenters. The number of ether oxygens (including phenoxy) is 1. The van der Waals surface area contributed by atoms with E-state index < -0.39 is 0 Å². The van der Waals surface area contributed by atoms with Crippen LogP contribution in [0.5, 0.6) is 5.75 Å². The van der Waals surface area contributed by atoms with E-state index in [1.165, 1.54) is 0 Å². The first kappa shape index (κ1) is 11.9. The van der Waals surface area contributed by atoms with Gasteiger partial charge in [0.2, 0.25) is 11.7 Å². The van der Waals surface area contributed by atoms with Crippen LogP contribution >= 0.6 is 11.6 Å². The molecular formula is C12H13ClN2O2. The second kappa shape index (κ2) is 5.68. The molecule has 0 spiro atoms. The molecule has 0 aliphatic carbocycles.